The zero-order valence-corrected chi connectivity index (χ0v) is 10.7. The molecule has 0 N–H and O–H groups in total. The van der Waals surface area contributed by atoms with Gasteiger partial charge in [-0.25, -0.2) is 0 Å². The van der Waals surface area contributed by atoms with Crippen molar-refractivity contribution < 1.29 is 9.15 Å². The second-order valence-corrected chi connectivity index (χ2v) is 4.75. The Morgan fingerprint density at radius 2 is 2.06 bits per heavy atom. The van der Waals surface area contributed by atoms with Gasteiger partial charge in [-0.2, -0.15) is 4.98 Å². The minimum Gasteiger partial charge on any atom is -0.417 e. The topological polar surface area (TPSA) is 35.3 Å². The number of hydrogen-bond donors (Lipinski definition) is 0. The molecule has 0 spiro atoms. The van der Waals surface area contributed by atoms with Gasteiger partial charge in [-0.1, -0.05) is 6.07 Å². The molecule has 1 aliphatic carbocycles. The molecule has 1 heterocycles. The first-order valence-electron chi connectivity index (χ1n) is 6.15. The van der Waals surface area contributed by atoms with Gasteiger partial charge in [-0.15, -0.1) is 11.6 Å². The molecule has 0 aliphatic heterocycles. The second-order valence-electron chi connectivity index (χ2n) is 4.48. The lowest BCUT2D eigenvalue weighted by atomic mass is 9.92. The lowest BCUT2D eigenvalue weighted by Gasteiger charge is -2.15. The molecule has 94 valence electrons. The van der Waals surface area contributed by atoms with Crippen LogP contribution in [0.2, 0.25) is 0 Å². The fraction of sp³-hybridized carbons (Fsp3) is 0.357. The minimum atomic E-state index is 0.251. The summed E-state index contributed by atoms with van der Waals surface area (Å²) in [5.74, 6) is 1.11. The molecule has 0 saturated carbocycles. The predicted molar refractivity (Wildman–Crippen MR) is 69.2 cm³/mol. The number of ether oxygens (including phenoxy) is 1. The zero-order chi connectivity index (χ0) is 12.4. The number of fused-ring (bicyclic) bond motifs is 1. The van der Waals surface area contributed by atoms with Crippen LogP contribution >= 0.6 is 11.6 Å². The molecular weight excluding hydrogens is 250 g/mol. The standard InChI is InChI=1S/C14H14ClNO2/c15-8-12-9-17-14(16-12)18-13-6-5-10-3-1-2-4-11(10)7-13/h5-7,9H,1-4,8H2. The van der Waals surface area contributed by atoms with Crippen LogP contribution in [0.4, 0.5) is 0 Å². The normalized spacial score (nSPS) is 14.3. The molecule has 0 bridgehead atoms. The van der Waals surface area contributed by atoms with Gasteiger partial charge >= 0.3 is 6.08 Å². The SMILES string of the molecule is ClCc1coc(Oc2ccc3c(c2)CCCC3)n1. The van der Waals surface area contributed by atoms with Gasteiger partial charge in [0, 0.05) is 0 Å². The first kappa shape index (κ1) is 11.6. The Balaban J connectivity index is 1.80. The summed E-state index contributed by atoms with van der Waals surface area (Å²) >= 11 is 5.66. The highest BCUT2D eigenvalue weighted by Gasteiger charge is 2.11. The molecule has 4 heteroatoms. The van der Waals surface area contributed by atoms with E-state index in [4.69, 9.17) is 20.8 Å². The molecule has 0 unspecified atom stereocenters. The Hall–Kier alpha value is -1.48. The molecule has 0 atom stereocenters. The summed E-state index contributed by atoms with van der Waals surface area (Å²) in [6.45, 7) is 0. The number of rotatable bonds is 3. The largest absolute Gasteiger partial charge is 0.417 e. The second kappa shape index (κ2) is 5.02. The number of aryl methyl sites for hydroxylation is 2. The molecule has 2 aromatic rings. The van der Waals surface area contributed by atoms with Crippen LogP contribution in [0.3, 0.4) is 0 Å². The smallest absolute Gasteiger partial charge is 0.399 e. The highest BCUT2D eigenvalue weighted by molar-refractivity contribution is 6.16. The van der Waals surface area contributed by atoms with Crippen molar-refractivity contribution in [1.82, 2.24) is 4.98 Å². The third-order valence-electron chi connectivity index (χ3n) is 3.19. The Morgan fingerprint density at radius 3 is 2.83 bits per heavy atom. The number of nitrogens with zero attached hydrogens (tertiary/aromatic N) is 1. The maximum atomic E-state index is 5.66. The van der Waals surface area contributed by atoms with E-state index in [9.17, 15) is 0 Å². The molecule has 3 nitrogen and oxygen atoms in total. The predicted octanol–water partition coefficient (Wildman–Crippen LogP) is 4.08. The van der Waals surface area contributed by atoms with Crippen LogP contribution in [-0.2, 0) is 18.7 Å². The van der Waals surface area contributed by atoms with Crippen LogP contribution in [0.1, 0.15) is 29.7 Å². The molecule has 0 amide bonds. The highest BCUT2D eigenvalue weighted by atomic mass is 35.5. The summed E-state index contributed by atoms with van der Waals surface area (Å²) in [5, 5.41) is 0. The van der Waals surface area contributed by atoms with Crippen molar-refractivity contribution >= 4 is 11.6 Å². The van der Waals surface area contributed by atoms with E-state index in [1.54, 1.807) is 0 Å². The summed E-state index contributed by atoms with van der Waals surface area (Å²) < 4.78 is 10.8. The van der Waals surface area contributed by atoms with Crippen molar-refractivity contribution in [3.05, 3.63) is 41.3 Å². The lowest BCUT2D eigenvalue weighted by Crippen LogP contribution is -2.02. The Kier molecular flexibility index (Phi) is 3.24. The molecule has 0 fully saturated rings. The molecule has 1 aliphatic rings. The van der Waals surface area contributed by atoms with Crippen molar-refractivity contribution in [3.63, 3.8) is 0 Å². The first-order chi connectivity index (χ1) is 8.85. The fourth-order valence-corrected chi connectivity index (χ4v) is 2.39. The van der Waals surface area contributed by atoms with Gasteiger partial charge < -0.3 is 9.15 Å². The van der Waals surface area contributed by atoms with E-state index in [-0.39, 0.29) is 6.08 Å². The number of aromatic nitrogens is 1. The van der Waals surface area contributed by atoms with E-state index >= 15 is 0 Å². The average Bonchev–Trinajstić information content (AvgIpc) is 2.86. The highest BCUT2D eigenvalue weighted by Crippen LogP contribution is 2.28. The van der Waals surface area contributed by atoms with Crippen LogP contribution in [0.15, 0.2) is 28.9 Å². The van der Waals surface area contributed by atoms with Gasteiger partial charge in [0.1, 0.15) is 12.0 Å². The van der Waals surface area contributed by atoms with Gasteiger partial charge in [0.2, 0.25) is 0 Å². The van der Waals surface area contributed by atoms with E-state index < -0.39 is 0 Å². The average molecular weight is 264 g/mol. The van der Waals surface area contributed by atoms with Crippen molar-refractivity contribution in [1.29, 1.82) is 0 Å². The summed E-state index contributed by atoms with van der Waals surface area (Å²) in [7, 11) is 0. The van der Waals surface area contributed by atoms with Crippen LogP contribution < -0.4 is 4.74 Å². The van der Waals surface area contributed by atoms with E-state index in [2.05, 4.69) is 17.1 Å². The molecule has 0 saturated heterocycles. The van der Waals surface area contributed by atoms with Crippen molar-refractivity contribution in [3.8, 4) is 11.8 Å². The van der Waals surface area contributed by atoms with Gasteiger partial charge in [-0.05, 0) is 48.9 Å². The first-order valence-corrected chi connectivity index (χ1v) is 6.68. The van der Waals surface area contributed by atoms with Gasteiger partial charge in [-0.3, -0.25) is 0 Å². The Labute approximate surface area is 111 Å². The molecular formula is C14H14ClNO2. The van der Waals surface area contributed by atoms with Crippen LogP contribution in [0, 0.1) is 0 Å². The monoisotopic (exact) mass is 263 g/mol. The molecule has 1 aromatic heterocycles. The lowest BCUT2D eigenvalue weighted by molar-refractivity contribution is 0.330. The van der Waals surface area contributed by atoms with Gasteiger partial charge in [0.15, 0.2) is 0 Å². The third kappa shape index (κ3) is 2.36. The van der Waals surface area contributed by atoms with Crippen LogP contribution in [-0.4, -0.2) is 4.98 Å². The third-order valence-corrected chi connectivity index (χ3v) is 3.47. The number of alkyl halides is 1. The van der Waals surface area contributed by atoms with Crippen molar-refractivity contribution in [2.45, 2.75) is 31.6 Å². The van der Waals surface area contributed by atoms with E-state index in [0.29, 0.717) is 11.6 Å². The number of benzene rings is 1. The number of halogens is 1. The van der Waals surface area contributed by atoms with Crippen molar-refractivity contribution in [2.75, 3.05) is 0 Å². The Bertz CT molecular complexity index is 550. The summed E-state index contributed by atoms with van der Waals surface area (Å²) in [5.41, 5.74) is 3.50. The molecule has 0 radical (unpaired) electrons. The number of oxazole rings is 1. The van der Waals surface area contributed by atoms with E-state index in [1.165, 1.54) is 36.7 Å². The van der Waals surface area contributed by atoms with E-state index in [0.717, 1.165) is 12.2 Å². The van der Waals surface area contributed by atoms with Gasteiger partial charge in [0.05, 0.1) is 11.6 Å². The summed E-state index contributed by atoms with van der Waals surface area (Å²) in [6, 6.07) is 6.18. The zero-order valence-electron chi connectivity index (χ0n) is 9.99. The Morgan fingerprint density at radius 1 is 1.22 bits per heavy atom. The van der Waals surface area contributed by atoms with E-state index in [1.807, 2.05) is 6.07 Å². The summed E-state index contributed by atoms with van der Waals surface area (Å²) in [4.78, 5) is 4.12. The molecule has 3 rings (SSSR count). The molecule has 1 aromatic carbocycles. The maximum Gasteiger partial charge on any atom is 0.399 e. The van der Waals surface area contributed by atoms with Gasteiger partial charge in [0.25, 0.3) is 0 Å². The van der Waals surface area contributed by atoms with Crippen molar-refractivity contribution in [2.24, 2.45) is 0 Å². The minimum absolute atomic E-state index is 0.251. The number of hydrogen-bond acceptors (Lipinski definition) is 3. The summed E-state index contributed by atoms with van der Waals surface area (Å²) in [6.07, 6.45) is 6.61. The quantitative estimate of drug-likeness (QED) is 0.783. The maximum absolute atomic E-state index is 5.66. The molecule has 18 heavy (non-hydrogen) atoms. The van der Waals surface area contributed by atoms with Crippen LogP contribution in [0.25, 0.3) is 0 Å². The fourth-order valence-electron chi connectivity index (χ4n) is 2.27. The van der Waals surface area contributed by atoms with Crippen LogP contribution in [0.5, 0.6) is 11.8 Å².